The molecule has 0 radical (unpaired) electrons. The number of hydrogen-bond donors (Lipinski definition) is 2. The molecule has 4 bridgehead atoms. The van der Waals surface area contributed by atoms with E-state index in [0.29, 0.717) is 17.9 Å². The standard InChI is InChI=1S/C38H54ClN3O10/c1-11-21(2)16-31(43)41(7)24(5)35(45)51-30-19-32(44)42(8)26-17-25(18-27(48-9)33(26)39)15-22(3)13-12-14-29(49-10)38(47)20-28(50-36(46)40-38)23(4)34-37(30,6)52-34/h12-14,17-18,21,23-24,28-30,34,47H,11,15-16,19-20H2,1-10H3,(H,40,46)/t21-,23+,24+,28+,29+,30-,34+,37-,38+/m0/s1. The third kappa shape index (κ3) is 8.92. The van der Waals surface area contributed by atoms with Gasteiger partial charge in [-0.2, -0.15) is 0 Å². The number of nitrogens with zero attached hydrogens (tertiary/aromatic N) is 2. The molecule has 0 aromatic heterocycles. The van der Waals surface area contributed by atoms with Gasteiger partial charge < -0.3 is 38.6 Å². The summed E-state index contributed by atoms with van der Waals surface area (Å²) in [4.78, 5) is 56.4. The Balaban J connectivity index is 1.76. The first-order chi connectivity index (χ1) is 24.4. The van der Waals surface area contributed by atoms with Gasteiger partial charge in [-0.3, -0.25) is 14.9 Å². The molecule has 3 amide bonds. The van der Waals surface area contributed by atoms with Gasteiger partial charge in [0.15, 0.2) is 5.72 Å². The van der Waals surface area contributed by atoms with Crippen molar-refractivity contribution in [3.63, 3.8) is 0 Å². The zero-order valence-electron chi connectivity index (χ0n) is 31.9. The molecule has 14 heteroatoms. The van der Waals surface area contributed by atoms with Crippen LogP contribution in [0.2, 0.25) is 5.02 Å². The van der Waals surface area contributed by atoms with Crippen molar-refractivity contribution in [2.75, 3.05) is 33.2 Å². The third-order valence-electron chi connectivity index (χ3n) is 10.7. The summed E-state index contributed by atoms with van der Waals surface area (Å²) in [6.07, 6.45) is 2.11. The molecule has 1 aromatic rings. The van der Waals surface area contributed by atoms with Gasteiger partial charge in [-0.15, -0.1) is 0 Å². The summed E-state index contributed by atoms with van der Waals surface area (Å²) in [6.45, 7) is 11.0. The Morgan fingerprint density at radius 3 is 2.56 bits per heavy atom. The number of aliphatic hydroxyl groups is 1. The van der Waals surface area contributed by atoms with Crippen molar-refractivity contribution in [1.82, 2.24) is 10.2 Å². The average molecular weight is 748 g/mol. The van der Waals surface area contributed by atoms with Gasteiger partial charge in [-0.05, 0) is 50.8 Å². The van der Waals surface area contributed by atoms with E-state index >= 15 is 0 Å². The van der Waals surface area contributed by atoms with Gasteiger partial charge in [0.25, 0.3) is 0 Å². The highest BCUT2D eigenvalue weighted by molar-refractivity contribution is 6.35. The first-order valence-corrected chi connectivity index (χ1v) is 18.1. The first kappa shape index (κ1) is 41.1. The average Bonchev–Trinajstić information content (AvgIpc) is 3.80. The minimum absolute atomic E-state index is 0.0439. The number of fused-ring (bicyclic) bond motifs is 5. The van der Waals surface area contributed by atoms with Crippen LogP contribution in [-0.2, 0) is 39.8 Å². The molecule has 1 aromatic carbocycles. The lowest BCUT2D eigenvalue weighted by Gasteiger charge is -2.42. The molecule has 4 rings (SSSR count). The number of anilines is 1. The summed E-state index contributed by atoms with van der Waals surface area (Å²) in [7, 11) is 6.06. The molecular formula is C38H54ClN3O10. The molecule has 0 spiro atoms. The number of ether oxygens (including phenoxy) is 5. The minimum atomic E-state index is -1.82. The highest BCUT2D eigenvalue weighted by Gasteiger charge is 2.64. The fourth-order valence-corrected chi connectivity index (χ4v) is 7.12. The van der Waals surface area contributed by atoms with E-state index in [1.165, 1.54) is 24.0 Å². The summed E-state index contributed by atoms with van der Waals surface area (Å²) in [6, 6.07) is 2.64. The molecule has 3 heterocycles. The number of nitrogens with one attached hydrogen (secondary N) is 1. The second-order valence-corrected chi connectivity index (χ2v) is 15.0. The fraction of sp³-hybridized carbons (Fsp3) is 0.632. The van der Waals surface area contributed by atoms with Crippen molar-refractivity contribution in [2.24, 2.45) is 11.8 Å². The molecular weight excluding hydrogens is 694 g/mol. The monoisotopic (exact) mass is 747 g/mol. The van der Waals surface area contributed by atoms with Gasteiger partial charge in [0.2, 0.25) is 11.8 Å². The molecule has 0 saturated carbocycles. The van der Waals surface area contributed by atoms with Gasteiger partial charge in [0.1, 0.15) is 40.7 Å². The predicted molar refractivity (Wildman–Crippen MR) is 195 cm³/mol. The molecule has 2 fully saturated rings. The Kier molecular flexibility index (Phi) is 13.1. The smallest absolute Gasteiger partial charge is 0.409 e. The number of likely N-dealkylation sites (N-methyl/N-ethyl adjacent to an activating group) is 1. The Bertz CT molecular complexity index is 1580. The number of amides is 3. The number of allylic oxidation sites excluding steroid dienone is 3. The fourth-order valence-electron chi connectivity index (χ4n) is 6.80. The summed E-state index contributed by atoms with van der Waals surface area (Å²) in [5.41, 5.74) is -0.877. The maximum atomic E-state index is 14.1. The highest BCUT2D eigenvalue weighted by Crippen LogP contribution is 2.49. The van der Waals surface area contributed by atoms with E-state index in [1.54, 1.807) is 59.2 Å². The van der Waals surface area contributed by atoms with Crippen LogP contribution in [0.1, 0.15) is 72.8 Å². The maximum absolute atomic E-state index is 14.1. The Hall–Kier alpha value is -3.65. The van der Waals surface area contributed by atoms with Crippen LogP contribution < -0.4 is 15.0 Å². The van der Waals surface area contributed by atoms with Crippen LogP contribution in [-0.4, -0.2) is 104 Å². The van der Waals surface area contributed by atoms with Crippen molar-refractivity contribution in [2.45, 2.75) is 115 Å². The molecule has 13 nitrogen and oxygen atoms in total. The number of epoxide rings is 1. The number of carbonyl (C=O) groups excluding carboxylic acids is 4. The SMILES string of the molecule is CC[C@H](C)CC(=O)N(C)[C@H](C)C(=O)O[C@H]1CC(=O)N(C)c2cc(cc(OC)c2Cl)CC(C)=CC=C[C@@H](OC)[C@]2(O)C[C@@H](OC(=O)N2)[C@@H](C)[C@H]2O[C@@]12C. The normalized spacial score (nSPS) is 30.6. The van der Waals surface area contributed by atoms with Crippen molar-refractivity contribution in [1.29, 1.82) is 0 Å². The van der Waals surface area contributed by atoms with Crippen LogP contribution in [0.25, 0.3) is 0 Å². The van der Waals surface area contributed by atoms with Gasteiger partial charge in [-0.1, -0.05) is 62.6 Å². The van der Waals surface area contributed by atoms with Crippen molar-refractivity contribution < 1.29 is 48.0 Å². The Morgan fingerprint density at radius 2 is 1.92 bits per heavy atom. The van der Waals surface area contributed by atoms with Gasteiger partial charge in [-0.25, -0.2) is 9.59 Å². The molecule has 2 N–H and O–H groups in total. The molecule has 9 atom stereocenters. The number of halogens is 1. The first-order valence-electron chi connectivity index (χ1n) is 17.7. The summed E-state index contributed by atoms with van der Waals surface area (Å²) in [5.74, 6) is -1.33. The lowest BCUT2D eigenvalue weighted by atomic mass is 9.83. The lowest BCUT2D eigenvalue weighted by molar-refractivity contribution is -0.162. The minimum Gasteiger partial charge on any atom is -0.495 e. The van der Waals surface area contributed by atoms with E-state index in [9.17, 15) is 24.3 Å². The number of methoxy groups -OCH3 is 2. The summed E-state index contributed by atoms with van der Waals surface area (Å²) < 4.78 is 29.2. The zero-order chi connectivity index (χ0) is 38.7. The zero-order valence-corrected chi connectivity index (χ0v) is 32.6. The number of rotatable bonds is 8. The molecule has 0 unspecified atom stereocenters. The topological polar surface area (TPSA) is 156 Å². The van der Waals surface area contributed by atoms with E-state index in [2.05, 4.69) is 5.32 Å². The van der Waals surface area contributed by atoms with Crippen LogP contribution in [0.4, 0.5) is 10.5 Å². The predicted octanol–water partition coefficient (Wildman–Crippen LogP) is 4.95. The van der Waals surface area contributed by atoms with Gasteiger partial charge in [0, 0.05) is 40.0 Å². The van der Waals surface area contributed by atoms with E-state index in [1.807, 2.05) is 26.8 Å². The number of benzene rings is 1. The highest BCUT2D eigenvalue weighted by atomic mass is 35.5. The van der Waals surface area contributed by atoms with Gasteiger partial charge in [0.05, 0.1) is 25.3 Å². The summed E-state index contributed by atoms with van der Waals surface area (Å²) >= 11 is 6.76. The van der Waals surface area contributed by atoms with E-state index < -0.39 is 65.7 Å². The Labute approximate surface area is 311 Å². The molecule has 0 aliphatic carbocycles. The second-order valence-electron chi connectivity index (χ2n) is 14.6. The molecule has 3 aliphatic rings. The van der Waals surface area contributed by atoms with E-state index in [-0.39, 0.29) is 36.1 Å². The number of esters is 1. The lowest BCUT2D eigenvalue weighted by Crippen LogP contribution is -2.63. The molecule has 288 valence electrons. The van der Waals surface area contributed by atoms with Crippen LogP contribution in [0.15, 0.2) is 35.9 Å². The third-order valence-corrected chi connectivity index (χ3v) is 11.1. The molecule has 2 saturated heterocycles. The van der Waals surface area contributed by atoms with Crippen LogP contribution in [0.5, 0.6) is 5.75 Å². The van der Waals surface area contributed by atoms with Crippen LogP contribution >= 0.6 is 11.6 Å². The number of carbonyl (C=O) groups is 4. The van der Waals surface area contributed by atoms with Crippen LogP contribution in [0, 0.1) is 11.8 Å². The maximum Gasteiger partial charge on any atom is 0.409 e. The number of alkyl carbamates (subject to hydrolysis) is 1. The van der Waals surface area contributed by atoms with Crippen molar-refractivity contribution in [3.05, 3.63) is 46.5 Å². The number of hydrogen-bond acceptors (Lipinski definition) is 10. The van der Waals surface area contributed by atoms with E-state index in [0.717, 1.165) is 17.6 Å². The van der Waals surface area contributed by atoms with Crippen LogP contribution in [0.3, 0.4) is 0 Å². The van der Waals surface area contributed by atoms with Crippen molar-refractivity contribution >= 4 is 41.2 Å². The Morgan fingerprint density at radius 1 is 1.23 bits per heavy atom. The van der Waals surface area contributed by atoms with Crippen molar-refractivity contribution in [3.8, 4) is 5.75 Å². The molecule has 52 heavy (non-hydrogen) atoms. The summed E-state index contributed by atoms with van der Waals surface area (Å²) in [5, 5.41) is 14.5. The quantitative estimate of drug-likeness (QED) is 0.276. The van der Waals surface area contributed by atoms with Gasteiger partial charge >= 0.3 is 12.1 Å². The second kappa shape index (κ2) is 16.6. The largest absolute Gasteiger partial charge is 0.495 e. The van der Waals surface area contributed by atoms with E-state index in [4.69, 9.17) is 35.3 Å². The molecule has 3 aliphatic heterocycles.